The molecule has 2 nitrogen and oxygen atoms in total. The van der Waals surface area contributed by atoms with Crippen molar-refractivity contribution in [2.24, 2.45) is 5.73 Å². The average molecular weight is 256 g/mol. The molecule has 0 aliphatic heterocycles. The number of nitrogens with two attached hydrogens (primary N) is 1. The Bertz CT molecular complexity index is 305. The topological polar surface area (TPSA) is 46.2 Å². The summed E-state index contributed by atoms with van der Waals surface area (Å²) < 4.78 is 36.3. The maximum absolute atomic E-state index is 12.1. The van der Waals surface area contributed by atoms with Crippen LogP contribution in [0.15, 0.2) is 30.3 Å². The molecule has 1 rings (SSSR count). The Morgan fingerprint density at radius 2 is 1.69 bits per heavy atom. The molecule has 0 saturated heterocycles. The molecule has 1 aromatic rings. The van der Waals surface area contributed by atoms with Crippen LogP contribution in [0.5, 0.6) is 0 Å². The molecule has 0 bridgehead atoms. The highest BCUT2D eigenvalue weighted by atomic mass is 35.5. The average Bonchev–Trinajstić information content (AvgIpc) is 2.17. The number of alkyl halides is 3. The van der Waals surface area contributed by atoms with Gasteiger partial charge in [0, 0.05) is 6.42 Å². The van der Waals surface area contributed by atoms with Gasteiger partial charge < -0.3 is 10.8 Å². The molecule has 0 aromatic heterocycles. The summed E-state index contributed by atoms with van der Waals surface area (Å²) in [6.07, 6.45) is -6.16. The highest BCUT2D eigenvalue weighted by Gasteiger charge is 2.37. The zero-order valence-electron chi connectivity index (χ0n) is 8.32. The molecule has 0 aliphatic carbocycles. The summed E-state index contributed by atoms with van der Waals surface area (Å²) in [5.41, 5.74) is 5.35. The Morgan fingerprint density at radius 3 is 2.12 bits per heavy atom. The van der Waals surface area contributed by atoms with Gasteiger partial charge in [0.1, 0.15) is 6.04 Å². The van der Waals surface area contributed by atoms with Crippen LogP contribution in [0, 0.1) is 0 Å². The quantitative estimate of drug-likeness (QED) is 0.871. The fourth-order valence-corrected chi connectivity index (χ4v) is 1.19. The predicted molar refractivity (Wildman–Crippen MR) is 57.3 cm³/mol. The molecule has 0 heterocycles. The summed E-state index contributed by atoms with van der Waals surface area (Å²) >= 11 is 0. The number of aliphatic hydroxyl groups excluding tert-OH is 1. The lowest BCUT2D eigenvalue weighted by Gasteiger charge is -2.19. The van der Waals surface area contributed by atoms with E-state index in [2.05, 4.69) is 0 Å². The van der Waals surface area contributed by atoms with E-state index in [4.69, 9.17) is 5.73 Å². The molecule has 0 aliphatic rings. The van der Waals surface area contributed by atoms with Gasteiger partial charge in [0.05, 0.1) is 6.10 Å². The first-order valence-corrected chi connectivity index (χ1v) is 4.46. The highest BCUT2D eigenvalue weighted by Crippen LogP contribution is 2.26. The Balaban J connectivity index is 0.00000225. The number of halogens is 4. The molecule has 0 unspecified atom stereocenters. The van der Waals surface area contributed by atoms with Crippen LogP contribution < -0.4 is 5.73 Å². The molecule has 16 heavy (non-hydrogen) atoms. The largest absolute Gasteiger partial charge is 0.403 e. The fourth-order valence-electron chi connectivity index (χ4n) is 1.19. The van der Waals surface area contributed by atoms with Gasteiger partial charge in [-0.1, -0.05) is 30.3 Å². The molecule has 2 atom stereocenters. The zero-order chi connectivity index (χ0) is 11.5. The van der Waals surface area contributed by atoms with Crippen molar-refractivity contribution in [1.29, 1.82) is 0 Å². The van der Waals surface area contributed by atoms with Gasteiger partial charge in [-0.3, -0.25) is 0 Å². The van der Waals surface area contributed by atoms with Crippen LogP contribution in [0.1, 0.15) is 18.1 Å². The van der Waals surface area contributed by atoms with Gasteiger partial charge in [-0.15, -0.1) is 12.4 Å². The summed E-state index contributed by atoms with van der Waals surface area (Å²) in [6, 6.07) is 6.16. The van der Waals surface area contributed by atoms with Crippen LogP contribution in [0.25, 0.3) is 0 Å². The second kappa shape index (κ2) is 6.08. The lowest BCUT2D eigenvalue weighted by molar-refractivity contribution is -0.153. The van der Waals surface area contributed by atoms with Crippen molar-refractivity contribution in [3.8, 4) is 0 Å². The van der Waals surface area contributed by atoms with Gasteiger partial charge in [-0.2, -0.15) is 13.2 Å². The van der Waals surface area contributed by atoms with Gasteiger partial charge in [0.15, 0.2) is 0 Å². The van der Waals surface area contributed by atoms with Gasteiger partial charge in [-0.05, 0) is 5.56 Å². The van der Waals surface area contributed by atoms with Crippen molar-refractivity contribution >= 4 is 12.4 Å². The maximum atomic E-state index is 12.1. The van der Waals surface area contributed by atoms with Crippen molar-refractivity contribution in [2.75, 3.05) is 0 Å². The van der Waals surface area contributed by atoms with E-state index < -0.39 is 24.7 Å². The molecular formula is C10H13ClF3NO. The van der Waals surface area contributed by atoms with E-state index in [1.165, 1.54) is 0 Å². The monoisotopic (exact) mass is 255 g/mol. The Kier molecular flexibility index (Phi) is 5.78. The number of benzene rings is 1. The first-order valence-electron chi connectivity index (χ1n) is 4.46. The van der Waals surface area contributed by atoms with Gasteiger partial charge >= 0.3 is 6.18 Å². The third-order valence-electron chi connectivity index (χ3n) is 2.08. The van der Waals surface area contributed by atoms with Crippen LogP contribution in [-0.4, -0.2) is 17.3 Å². The summed E-state index contributed by atoms with van der Waals surface area (Å²) in [4.78, 5) is 0. The van der Waals surface area contributed by atoms with E-state index in [1.807, 2.05) is 0 Å². The van der Waals surface area contributed by atoms with Crippen molar-refractivity contribution in [3.05, 3.63) is 35.9 Å². The fraction of sp³-hybridized carbons (Fsp3) is 0.400. The second-order valence-corrected chi connectivity index (χ2v) is 3.31. The molecule has 3 N–H and O–H groups in total. The number of hydrogen-bond donors (Lipinski definition) is 2. The zero-order valence-corrected chi connectivity index (χ0v) is 9.13. The summed E-state index contributed by atoms with van der Waals surface area (Å²) in [5, 5.41) is 9.47. The Hall–Kier alpha value is -0.780. The molecule has 0 radical (unpaired) electrons. The summed E-state index contributed by atoms with van der Waals surface area (Å²) in [6.45, 7) is 0. The van der Waals surface area contributed by atoms with Crippen molar-refractivity contribution in [3.63, 3.8) is 0 Å². The van der Waals surface area contributed by atoms with E-state index in [1.54, 1.807) is 30.3 Å². The van der Waals surface area contributed by atoms with E-state index in [0.29, 0.717) is 5.56 Å². The van der Waals surface area contributed by atoms with Gasteiger partial charge in [0.25, 0.3) is 0 Å². The van der Waals surface area contributed by atoms with Crippen LogP contribution in [-0.2, 0) is 0 Å². The lowest BCUT2D eigenvalue weighted by atomic mass is 10.0. The second-order valence-electron chi connectivity index (χ2n) is 3.31. The van der Waals surface area contributed by atoms with Crippen LogP contribution >= 0.6 is 12.4 Å². The van der Waals surface area contributed by atoms with Crippen molar-refractivity contribution in [1.82, 2.24) is 0 Å². The third kappa shape index (κ3) is 4.38. The minimum Gasteiger partial charge on any atom is -0.388 e. The lowest BCUT2D eigenvalue weighted by Crippen LogP contribution is -2.38. The first-order chi connectivity index (χ1) is 6.91. The van der Waals surface area contributed by atoms with Crippen molar-refractivity contribution < 1.29 is 18.3 Å². The van der Waals surface area contributed by atoms with E-state index in [0.717, 1.165) is 0 Å². The predicted octanol–water partition coefficient (Wildman–Crippen LogP) is 2.42. The van der Waals surface area contributed by atoms with Crippen LogP contribution in [0.2, 0.25) is 0 Å². The number of aliphatic hydroxyl groups is 1. The van der Waals surface area contributed by atoms with E-state index >= 15 is 0 Å². The molecule has 1 aromatic carbocycles. The smallest absolute Gasteiger partial charge is 0.388 e. The van der Waals surface area contributed by atoms with Crippen LogP contribution in [0.3, 0.4) is 0 Å². The first kappa shape index (κ1) is 15.2. The molecule has 0 amide bonds. The van der Waals surface area contributed by atoms with E-state index in [-0.39, 0.29) is 12.4 Å². The molecule has 0 spiro atoms. The maximum Gasteiger partial charge on any atom is 0.403 e. The standard InChI is InChI=1S/C10H12F3NO.ClH/c11-10(12,13)9(14)6-8(15)7-4-2-1-3-5-7;/h1-5,8-9,15H,6,14H2;1H/t8-,9+;/m1./s1. The summed E-state index contributed by atoms with van der Waals surface area (Å²) in [7, 11) is 0. The SMILES string of the molecule is Cl.N[C@@H](C[C@@H](O)c1ccccc1)C(F)(F)F. The Morgan fingerprint density at radius 1 is 1.19 bits per heavy atom. The number of rotatable bonds is 3. The number of hydrogen-bond acceptors (Lipinski definition) is 2. The Labute approximate surface area is 97.7 Å². The van der Waals surface area contributed by atoms with Gasteiger partial charge in [-0.25, -0.2) is 0 Å². The van der Waals surface area contributed by atoms with Crippen LogP contribution in [0.4, 0.5) is 13.2 Å². The molecule has 92 valence electrons. The molecule has 0 fully saturated rings. The van der Waals surface area contributed by atoms with Crippen molar-refractivity contribution in [2.45, 2.75) is 24.7 Å². The molecule has 0 saturated carbocycles. The van der Waals surface area contributed by atoms with Gasteiger partial charge in [0.2, 0.25) is 0 Å². The van der Waals surface area contributed by atoms with E-state index in [9.17, 15) is 18.3 Å². The third-order valence-corrected chi connectivity index (χ3v) is 2.08. The minimum absolute atomic E-state index is 0. The highest BCUT2D eigenvalue weighted by molar-refractivity contribution is 5.85. The minimum atomic E-state index is -4.46. The normalized spacial score (nSPS) is 15.1. The molecule has 6 heteroatoms. The summed E-state index contributed by atoms with van der Waals surface area (Å²) in [5.74, 6) is 0. The molecular weight excluding hydrogens is 243 g/mol.